The molecular weight excluding hydrogens is 517 g/mol. The van der Waals surface area contributed by atoms with E-state index in [1.807, 2.05) is 54.6 Å². The zero-order valence-electron chi connectivity index (χ0n) is 21.7. The molecule has 1 unspecified atom stereocenters. The zero-order valence-corrected chi connectivity index (χ0v) is 22.6. The van der Waals surface area contributed by atoms with Gasteiger partial charge in [-0.05, 0) is 34.5 Å². The Morgan fingerprint density at radius 1 is 0.872 bits per heavy atom. The summed E-state index contributed by atoms with van der Waals surface area (Å²) >= 11 is 0. The molecule has 0 saturated heterocycles. The van der Waals surface area contributed by atoms with Gasteiger partial charge in [0.1, 0.15) is 11.9 Å². The van der Waals surface area contributed by atoms with Gasteiger partial charge < -0.3 is 10.2 Å². The van der Waals surface area contributed by atoms with Crippen LogP contribution < -0.4 is 5.32 Å². The third kappa shape index (κ3) is 6.50. The minimum atomic E-state index is -4.04. The number of carbonyl (C=O) groups is 2. The van der Waals surface area contributed by atoms with Crippen LogP contribution >= 0.6 is 0 Å². The first-order valence-corrected chi connectivity index (χ1v) is 13.9. The van der Waals surface area contributed by atoms with Gasteiger partial charge in [0.2, 0.25) is 21.8 Å². The minimum Gasteiger partial charge on any atom is -0.357 e. The Bertz CT molecular complexity index is 1580. The highest BCUT2D eigenvalue weighted by Gasteiger charge is 2.33. The summed E-state index contributed by atoms with van der Waals surface area (Å²) in [5, 5.41) is 4.23. The SMILES string of the molecule is CNC(=O)C(Cc1ccccc1)N(Cc1ccccc1F)C(=O)CN(C)S(=O)(=O)c1ccc2ccccc2c1. The van der Waals surface area contributed by atoms with Crippen LogP contribution in [-0.2, 0) is 32.6 Å². The predicted octanol–water partition coefficient (Wildman–Crippen LogP) is 3.99. The first-order valence-electron chi connectivity index (χ1n) is 12.4. The molecule has 202 valence electrons. The van der Waals surface area contributed by atoms with Crippen molar-refractivity contribution in [1.82, 2.24) is 14.5 Å². The molecule has 1 N–H and O–H groups in total. The molecule has 0 radical (unpaired) electrons. The Hall–Kier alpha value is -4.08. The Morgan fingerprint density at radius 3 is 2.21 bits per heavy atom. The van der Waals surface area contributed by atoms with Crippen molar-refractivity contribution in [2.24, 2.45) is 0 Å². The molecule has 0 heterocycles. The molecule has 0 aliphatic heterocycles. The number of benzene rings is 4. The van der Waals surface area contributed by atoms with Gasteiger partial charge in [-0.2, -0.15) is 4.31 Å². The van der Waals surface area contributed by atoms with Crippen LogP contribution in [-0.4, -0.2) is 56.1 Å². The second-order valence-corrected chi connectivity index (χ2v) is 11.2. The third-order valence-corrected chi connectivity index (χ3v) is 8.40. The summed E-state index contributed by atoms with van der Waals surface area (Å²) < 4.78 is 42.4. The lowest BCUT2D eigenvalue weighted by molar-refractivity contribution is -0.141. The quantitative estimate of drug-likeness (QED) is 0.325. The van der Waals surface area contributed by atoms with E-state index in [0.717, 1.165) is 20.6 Å². The van der Waals surface area contributed by atoms with E-state index in [-0.39, 0.29) is 23.4 Å². The van der Waals surface area contributed by atoms with E-state index in [4.69, 9.17) is 0 Å². The number of hydrogen-bond donors (Lipinski definition) is 1. The molecule has 0 bridgehead atoms. The summed E-state index contributed by atoms with van der Waals surface area (Å²) in [4.78, 5) is 28.1. The highest BCUT2D eigenvalue weighted by atomic mass is 32.2. The summed E-state index contributed by atoms with van der Waals surface area (Å²) in [6.07, 6.45) is 0.168. The van der Waals surface area contributed by atoms with Gasteiger partial charge in [0, 0.05) is 32.6 Å². The molecule has 39 heavy (non-hydrogen) atoms. The van der Waals surface area contributed by atoms with Crippen molar-refractivity contribution in [3.05, 3.63) is 114 Å². The number of rotatable bonds is 10. The summed E-state index contributed by atoms with van der Waals surface area (Å²) in [7, 11) is -1.26. The first kappa shape index (κ1) is 27.9. The van der Waals surface area contributed by atoms with Crippen LogP contribution in [0.5, 0.6) is 0 Å². The van der Waals surface area contributed by atoms with Crippen molar-refractivity contribution in [3.8, 4) is 0 Å². The highest BCUT2D eigenvalue weighted by molar-refractivity contribution is 7.89. The molecule has 0 aliphatic carbocycles. The lowest BCUT2D eigenvalue weighted by atomic mass is 10.0. The van der Waals surface area contributed by atoms with Crippen LogP contribution in [0, 0.1) is 5.82 Å². The van der Waals surface area contributed by atoms with Gasteiger partial charge in [-0.15, -0.1) is 0 Å². The van der Waals surface area contributed by atoms with E-state index >= 15 is 0 Å². The van der Waals surface area contributed by atoms with Crippen molar-refractivity contribution >= 4 is 32.6 Å². The summed E-state index contributed by atoms with van der Waals surface area (Å²) in [5.41, 5.74) is 1.02. The summed E-state index contributed by atoms with van der Waals surface area (Å²) in [6.45, 7) is -0.744. The minimum absolute atomic E-state index is 0.0456. The van der Waals surface area contributed by atoms with Crippen LogP contribution in [0.3, 0.4) is 0 Å². The monoisotopic (exact) mass is 547 g/mol. The molecule has 0 saturated carbocycles. The van der Waals surface area contributed by atoms with E-state index in [9.17, 15) is 22.4 Å². The van der Waals surface area contributed by atoms with Crippen molar-refractivity contribution < 1.29 is 22.4 Å². The van der Waals surface area contributed by atoms with Gasteiger partial charge in [0.15, 0.2) is 0 Å². The molecule has 0 spiro atoms. The van der Waals surface area contributed by atoms with Gasteiger partial charge >= 0.3 is 0 Å². The number of nitrogens with one attached hydrogen (secondary N) is 1. The van der Waals surface area contributed by atoms with Gasteiger partial charge in [-0.3, -0.25) is 9.59 Å². The third-order valence-electron chi connectivity index (χ3n) is 6.60. The molecule has 4 aromatic rings. The van der Waals surface area contributed by atoms with E-state index in [1.54, 1.807) is 18.2 Å². The molecule has 9 heteroatoms. The van der Waals surface area contributed by atoms with Crippen LogP contribution in [0.15, 0.2) is 102 Å². The van der Waals surface area contributed by atoms with Crippen molar-refractivity contribution in [2.75, 3.05) is 20.6 Å². The number of nitrogens with zero attached hydrogens (tertiary/aromatic N) is 2. The van der Waals surface area contributed by atoms with Crippen LogP contribution in [0.2, 0.25) is 0 Å². The largest absolute Gasteiger partial charge is 0.357 e. The molecule has 0 aliphatic rings. The number of fused-ring (bicyclic) bond motifs is 1. The van der Waals surface area contributed by atoms with Crippen molar-refractivity contribution in [1.29, 1.82) is 0 Å². The smallest absolute Gasteiger partial charge is 0.243 e. The standard InChI is InChI=1S/C30H30FN3O4S/c1-32-30(36)28(18-22-10-4-3-5-11-22)34(20-25-14-8-9-15-27(25)31)29(35)21-33(2)39(37,38)26-17-16-23-12-6-7-13-24(23)19-26/h3-17,19,28H,18,20-21H2,1-2H3,(H,32,36). The first-order chi connectivity index (χ1) is 18.7. The van der Waals surface area contributed by atoms with Gasteiger partial charge in [-0.1, -0.05) is 78.9 Å². The Kier molecular flexibility index (Phi) is 8.73. The maximum absolute atomic E-state index is 14.6. The van der Waals surface area contributed by atoms with E-state index in [1.165, 1.54) is 43.3 Å². The molecule has 0 aromatic heterocycles. The molecular formula is C30H30FN3O4S. The number of hydrogen-bond acceptors (Lipinski definition) is 4. The van der Waals surface area contributed by atoms with E-state index in [2.05, 4.69) is 5.32 Å². The highest BCUT2D eigenvalue weighted by Crippen LogP contribution is 2.22. The Labute approximate surface area is 227 Å². The Balaban J connectivity index is 1.66. The lowest BCUT2D eigenvalue weighted by Gasteiger charge is -2.32. The number of carbonyl (C=O) groups excluding carboxylic acids is 2. The van der Waals surface area contributed by atoms with Crippen LogP contribution in [0.25, 0.3) is 10.8 Å². The summed E-state index contributed by atoms with van der Waals surface area (Å²) in [6, 6.07) is 26.3. The fourth-order valence-electron chi connectivity index (χ4n) is 4.40. The number of sulfonamides is 1. The second kappa shape index (κ2) is 12.2. The molecule has 0 fully saturated rings. The summed E-state index contributed by atoms with van der Waals surface area (Å²) in [5.74, 6) is -1.60. The topological polar surface area (TPSA) is 86.8 Å². The van der Waals surface area contributed by atoms with Crippen molar-refractivity contribution in [3.63, 3.8) is 0 Å². The lowest BCUT2D eigenvalue weighted by Crippen LogP contribution is -2.52. The van der Waals surface area contributed by atoms with Crippen LogP contribution in [0.4, 0.5) is 4.39 Å². The number of amides is 2. The maximum Gasteiger partial charge on any atom is 0.243 e. The Morgan fingerprint density at radius 2 is 1.51 bits per heavy atom. The van der Waals surface area contributed by atoms with E-state index < -0.39 is 40.2 Å². The molecule has 4 aromatic carbocycles. The second-order valence-electron chi connectivity index (χ2n) is 9.20. The maximum atomic E-state index is 14.6. The average molecular weight is 548 g/mol. The number of likely N-dealkylation sites (N-methyl/N-ethyl adjacent to an activating group) is 2. The fourth-order valence-corrected chi connectivity index (χ4v) is 5.56. The molecule has 7 nitrogen and oxygen atoms in total. The van der Waals surface area contributed by atoms with Crippen molar-refractivity contribution in [2.45, 2.75) is 23.9 Å². The normalized spacial score (nSPS) is 12.3. The van der Waals surface area contributed by atoms with Gasteiger partial charge in [-0.25, -0.2) is 12.8 Å². The predicted molar refractivity (Wildman–Crippen MR) is 149 cm³/mol. The van der Waals surface area contributed by atoms with Gasteiger partial charge in [0.25, 0.3) is 0 Å². The molecule has 4 rings (SSSR count). The molecule has 2 amide bonds. The average Bonchev–Trinajstić information content (AvgIpc) is 2.95. The molecule has 1 atom stereocenters. The van der Waals surface area contributed by atoms with E-state index in [0.29, 0.717) is 0 Å². The van der Waals surface area contributed by atoms with Gasteiger partial charge in [0.05, 0.1) is 11.4 Å². The van der Waals surface area contributed by atoms with Crippen LogP contribution in [0.1, 0.15) is 11.1 Å². The number of halogens is 1. The fraction of sp³-hybridized carbons (Fsp3) is 0.200. The zero-order chi connectivity index (χ0) is 28.0.